The molecular weight excluding hydrogens is 270 g/mol. The number of nitrogens with zero attached hydrogens (tertiary/aromatic N) is 4. The largest absolute Gasteiger partial charge is 0.478 e. The van der Waals surface area contributed by atoms with Crippen LogP contribution >= 0.6 is 0 Å². The number of hydrogen-bond donors (Lipinski definition) is 2. The van der Waals surface area contributed by atoms with Crippen LogP contribution in [0.5, 0.6) is 0 Å². The molecule has 0 spiro atoms. The van der Waals surface area contributed by atoms with Gasteiger partial charge in [0.25, 0.3) is 0 Å². The Hall–Kier alpha value is -2.44. The van der Waals surface area contributed by atoms with Gasteiger partial charge in [-0.25, -0.2) is 14.8 Å². The van der Waals surface area contributed by atoms with Crippen LogP contribution in [-0.2, 0) is 13.5 Å². The topological polar surface area (TPSA) is 92.9 Å². The average Bonchev–Trinajstić information content (AvgIpc) is 2.84. The van der Waals surface area contributed by atoms with Crippen LogP contribution in [0.15, 0.2) is 18.5 Å². The standard InChI is InChI=1S/C14H19N5O2/c1-9(2)11-6-10(14(20)21)7-13(17-11)15-5-4-12-16-8-19(3)18-12/h6-9H,4-5H2,1-3H3,(H,15,17)(H,20,21). The number of aromatic carboxylic acids is 1. The predicted octanol–water partition coefficient (Wildman–Crippen LogP) is 1.69. The quantitative estimate of drug-likeness (QED) is 0.840. The van der Waals surface area contributed by atoms with E-state index < -0.39 is 5.97 Å². The molecule has 2 rings (SSSR count). The second-order valence-corrected chi connectivity index (χ2v) is 5.14. The van der Waals surface area contributed by atoms with Crippen LogP contribution in [-0.4, -0.2) is 37.4 Å². The minimum Gasteiger partial charge on any atom is -0.478 e. The Kier molecular flexibility index (Phi) is 4.52. The maximum absolute atomic E-state index is 11.1. The molecule has 2 N–H and O–H groups in total. The van der Waals surface area contributed by atoms with Crippen LogP contribution in [0.25, 0.3) is 0 Å². The van der Waals surface area contributed by atoms with E-state index in [0.29, 0.717) is 18.8 Å². The first-order valence-electron chi connectivity index (χ1n) is 6.79. The maximum Gasteiger partial charge on any atom is 0.335 e. The molecule has 0 bridgehead atoms. The third kappa shape index (κ3) is 4.01. The van der Waals surface area contributed by atoms with Crippen LogP contribution < -0.4 is 5.32 Å². The fourth-order valence-corrected chi connectivity index (χ4v) is 1.86. The Morgan fingerprint density at radius 3 is 2.76 bits per heavy atom. The normalized spacial score (nSPS) is 10.9. The van der Waals surface area contributed by atoms with Crippen LogP contribution in [0.3, 0.4) is 0 Å². The Morgan fingerprint density at radius 1 is 1.43 bits per heavy atom. The van der Waals surface area contributed by atoms with E-state index in [0.717, 1.165) is 11.5 Å². The molecule has 2 aromatic heterocycles. The van der Waals surface area contributed by atoms with E-state index in [2.05, 4.69) is 20.4 Å². The zero-order valence-corrected chi connectivity index (χ0v) is 12.4. The van der Waals surface area contributed by atoms with Gasteiger partial charge in [-0.1, -0.05) is 13.8 Å². The molecule has 0 unspecified atom stereocenters. The first-order valence-corrected chi connectivity index (χ1v) is 6.79. The molecule has 21 heavy (non-hydrogen) atoms. The molecular formula is C14H19N5O2. The van der Waals surface area contributed by atoms with Gasteiger partial charge in [-0.3, -0.25) is 4.68 Å². The first kappa shape index (κ1) is 15.0. The second kappa shape index (κ2) is 6.34. The molecule has 0 aliphatic rings. The van der Waals surface area contributed by atoms with Crippen molar-refractivity contribution in [2.75, 3.05) is 11.9 Å². The molecule has 0 aliphatic carbocycles. The maximum atomic E-state index is 11.1. The molecule has 7 nitrogen and oxygen atoms in total. The van der Waals surface area contributed by atoms with Gasteiger partial charge < -0.3 is 10.4 Å². The number of carboxylic acid groups (broad SMARTS) is 1. The van der Waals surface area contributed by atoms with Crippen molar-refractivity contribution < 1.29 is 9.90 Å². The molecule has 2 heterocycles. The number of carboxylic acids is 1. The van der Waals surface area contributed by atoms with E-state index in [9.17, 15) is 4.79 Å². The second-order valence-electron chi connectivity index (χ2n) is 5.14. The van der Waals surface area contributed by atoms with Crippen LogP contribution in [0.2, 0.25) is 0 Å². The van der Waals surface area contributed by atoms with Crippen molar-refractivity contribution in [1.29, 1.82) is 0 Å². The van der Waals surface area contributed by atoms with Crippen molar-refractivity contribution in [3.63, 3.8) is 0 Å². The molecule has 0 radical (unpaired) electrons. The highest BCUT2D eigenvalue weighted by Gasteiger charge is 2.10. The van der Waals surface area contributed by atoms with Gasteiger partial charge in [-0.15, -0.1) is 0 Å². The summed E-state index contributed by atoms with van der Waals surface area (Å²) in [5.74, 6) is 0.522. The van der Waals surface area contributed by atoms with Crippen LogP contribution in [0.4, 0.5) is 5.82 Å². The van der Waals surface area contributed by atoms with Crippen molar-refractivity contribution in [3.05, 3.63) is 35.5 Å². The highest BCUT2D eigenvalue weighted by molar-refractivity contribution is 5.88. The Morgan fingerprint density at radius 2 is 2.19 bits per heavy atom. The molecule has 0 saturated heterocycles. The summed E-state index contributed by atoms with van der Waals surface area (Å²) in [6.07, 6.45) is 2.30. The molecule has 0 amide bonds. The SMILES string of the molecule is CC(C)c1cc(C(=O)O)cc(NCCc2ncn(C)n2)n1. The van der Waals surface area contributed by atoms with E-state index in [1.54, 1.807) is 23.1 Å². The zero-order chi connectivity index (χ0) is 15.4. The molecule has 112 valence electrons. The Balaban J connectivity index is 2.06. The number of aryl methyl sites for hydroxylation is 1. The smallest absolute Gasteiger partial charge is 0.335 e. The number of nitrogens with one attached hydrogen (secondary N) is 1. The summed E-state index contributed by atoms with van der Waals surface area (Å²) in [5.41, 5.74) is 1.00. The fraction of sp³-hybridized carbons (Fsp3) is 0.429. The lowest BCUT2D eigenvalue weighted by Gasteiger charge is -2.10. The Bertz CT molecular complexity index is 636. The van der Waals surface area contributed by atoms with E-state index in [1.807, 2.05) is 20.9 Å². The van der Waals surface area contributed by atoms with Gasteiger partial charge in [0.2, 0.25) is 0 Å². The molecule has 0 saturated carbocycles. The van der Waals surface area contributed by atoms with Crippen molar-refractivity contribution in [2.24, 2.45) is 7.05 Å². The molecule has 0 aromatic carbocycles. The van der Waals surface area contributed by atoms with E-state index in [4.69, 9.17) is 5.11 Å². The molecule has 7 heteroatoms. The Labute approximate surface area is 123 Å². The van der Waals surface area contributed by atoms with Gasteiger partial charge in [-0.05, 0) is 18.1 Å². The molecule has 2 aromatic rings. The number of hydrogen-bond acceptors (Lipinski definition) is 5. The van der Waals surface area contributed by atoms with E-state index in [-0.39, 0.29) is 11.5 Å². The zero-order valence-electron chi connectivity index (χ0n) is 12.4. The number of pyridine rings is 1. The summed E-state index contributed by atoms with van der Waals surface area (Å²) in [6, 6.07) is 3.15. The van der Waals surface area contributed by atoms with Gasteiger partial charge in [0.05, 0.1) is 5.56 Å². The van der Waals surface area contributed by atoms with E-state index in [1.165, 1.54) is 0 Å². The highest BCUT2D eigenvalue weighted by atomic mass is 16.4. The van der Waals surface area contributed by atoms with Crippen LogP contribution in [0, 0.1) is 0 Å². The fourth-order valence-electron chi connectivity index (χ4n) is 1.86. The third-order valence-corrected chi connectivity index (χ3v) is 2.99. The van der Waals surface area contributed by atoms with Crippen molar-refractivity contribution >= 4 is 11.8 Å². The number of carbonyl (C=O) groups is 1. The summed E-state index contributed by atoms with van der Waals surface area (Å²) < 4.78 is 1.65. The van der Waals surface area contributed by atoms with Gasteiger partial charge >= 0.3 is 5.97 Å². The minimum absolute atomic E-state index is 0.169. The van der Waals surface area contributed by atoms with Gasteiger partial charge in [0.1, 0.15) is 12.1 Å². The van der Waals surface area contributed by atoms with Crippen molar-refractivity contribution in [1.82, 2.24) is 19.7 Å². The number of aromatic nitrogens is 4. The third-order valence-electron chi connectivity index (χ3n) is 2.99. The minimum atomic E-state index is -0.950. The monoisotopic (exact) mass is 289 g/mol. The average molecular weight is 289 g/mol. The summed E-state index contributed by atoms with van der Waals surface area (Å²) >= 11 is 0. The van der Waals surface area contributed by atoms with Gasteiger partial charge in [-0.2, -0.15) is 5.10 Å². The van der Waals surface area contributed by atoms with E-state index >= 15 is 0 Å². The van der Waals surface area contributed by atoms with Gasteiger partial charge in [0.15, 0.2) is 5.82 Å². The lowest BCUT2D eigenvalue weighted by molar-refractivity contribution is 0.0696. The molecule has 0 aliphatic heterocycles. The first-order chi connectivity index (χ1) is 9.95. The van der Waals surface area contributed by atoms with Crippen molar-refractivity contribution in [2.45, 2.75) is 26.2 Å². The summed E-state index contributed by atoms with van der Waals surface area (Å²) in [6.45, 7) is 4.56. The highest BCUT2D eigenvalue weighted by Crippen LogP contribution is 2.17. The summed E-state index contributed by atoms with van der Waals surface area (Å²) in [4.78, 5) is 19.7. The van der Waals surface area contributed by atoms with Crippen molar-refractivity contribution in [3.8, 4) is 0 Å². The number of anilines is 1. The van der Waals surface area contributed by atoms with Gasteiger partial charge in [0, 0.05) is 25.7 Å². The lowest BCUT2D eigenvalue weighted by Crippen LogP contribution is -2.10. The molecule has 0 atom stereocenters. The predicted molar refractivity (Wildman–Crippen MR) is 78.5 cm³/mol. The molecule has 0 fully saturated rings. The summed E-state index contributed by atoms with van der Waals surface area (Å²) in [5, 5.41) is 16.5. The van der Waals surface area contributed by atoms with Crippen LogP contribution in [0.1, 0.15) is 41.6 Å². The lowest BCUT2D eigenvalue weighted by atomic mass is 10.1. The summed E-state index contributed by atoms with van der Waals surface area (Å²) in [7, 11) is 1.82. The number of rotatable bonds is 6.